The average Bonchev–Trinajstić information content (AvgIpc) is 3.26. The number of benzene rings is 3. The molecule has 27 heavy (non-hydrogen) atoms. The number of thiophene rings is 1. The molecule has 3 heteroatoms. The van der Waals surface area contributed by atoms with Crippen LogP contribution in [0.2, 0.25) is 0 Å². The van der Waals surface area contributed by atoms with E-state index < -0.39 is 0 Å². The SMILES string of the molecule is CCc1ccc([C@@H](NC(=O)c2ccc3ccccc3c2)c2cccs2)cc1. The zero-order valence-corrected chi connectivity index (χ0v) is 16.0. The van der Waals surface area contributed by atoms with Crippen molar-refractivity contribution in [1.82, 2.24) is 5.32 Å². The molecule has 1 aromatic heterocycles. The van der Waals surface area contributed by atoms with Crippen molar-refractivity contribution in [3.05, 3.63) is 106 Å². The predicted molar refractivity (Wildman–Crippen MR) is 113 cm³/mol. The molecular weight excluding hydrogens is 350 g/mol. The van der Waals surface area contributed by atoms with Crippen LogP contribution >= 0.6 is 11.3 Å². The molecule has 0 fully saturated rings. The quantitative estimate of drug-likeness (QED) is 0.459. The van der Waals surface area contributed by atoms with Crippen LogP contribution in [0.15, 0.2) is 84.2 Å². The van der Waals surface area contributed by atoms with Gasteiger partial charge in [0, 0.05) is 10.4 Å². The lowest BCUT2D eigenvalue weighted by Crippen LogP contribution is -2.28. The van der Waals surface area contributed by atoms with E-state index in [0.717, 1.165) is 27.6 Å². The van der Waals surface area contributed by atoms with E-state index in [-0.39, 0.29) is 11.9 Å². The number of hydrogen-bond acceptors (Lipinski definition) is 2. The highest BCUT2D eigenvalue weighted by Gasteiger charge is 2.19. The number of hydrogen-bond donors (Lipinski definition) is 1. The fourth-order valence-electron chi connectivity index (χ4n) is 3.27. The molecule has 0 saturated heterocycles. The molecule has 1 atom stereocenters. The molecular formula is C24H21NOS. The summed E-state index contributed by atoms with van der Waals surface area (Å²) < 4.78 is 0. The lowest BCUT2D eigenvalue weighted by atomic mass is 10.0. The highest BCUT2D eigenvalue weighted by molar-refractivity contribution is 7.10. The minimum absolute atomic E-state index is 0.0567. The summed E-state index contributed by atoms with van der Waals surface area (Å²) in [5.74, 6) is -0.0567. The summed E-state index contributed by atoms with van der Waals surface area (Å²) in [6.45, 7) is 2.15. The molecule has 4 aromatic rings. The van der Waals surface area contributed by atoms with E-state index in [0.29, 0.717) is 5.56 Å². The molecule has 0 spiro atoms. The Kier molecular flexibility index (Phi) is 5.03. The molecule has 0 aliphatic heterocycles. The number of fused-ring (bicyclic) bond motifs is 1. The third-order valence-corrected chi connectivity index (χ3v) is 5.77. The standard InChI is InChI=1S/C24H21NOS/c1-2-17-9-11-19(12-10-17)23(22-8-5-15-27-22)25-24(26)21-14-13-18-6-3-4-7-20(18)16-21/h3-16,23H,2H2,1H3,(H,25,26)/t23-/m1/s1. The van der Waals surface area contributed by atoms with Crippen molar-refractivity contribution in [3.63, 3.8) is 0 Å². The van der Waals surface area contributed by atoms with E-state index >= 15 is 0 Å². The molecule has 0 unspecified atom stereocenters. The topological polar surface area (TPSA) is 29.1 Å². The van der Waals surface area contributed by atoms with Crippen molar-refractivity contribution in [2.24, 2.45) is 0 Å². The normalized spacial score (nSPS) is 12.0. The number of aryl methyl sites for hydroxylation is 1. The summed E-state index contributed by atoms with van der Waals surface area (Å²) in [4.78, 5) is 14.1. The molecule has 1 amide bonds. The molecule has 2 nitrogen and oxygen atoms in total. The molecule has 0 aliphatic rings. The molecule has 3 aromatic carbocycles. The lowest BCUT2D eigenvalue weighted by Gasteiger charge is -2.19. The number of amides is 1. The smallest absolute Gasteiger partial charge is 0.252 e. The van der Waals surface area contributed by atoms with Gasteiger partial charge < -0.3 is 5.32 Å². The Bertz CT molecular complexity index is 1050. The van der Waals surface area contributed by atoms with Gasteiger partial charge in [0.05, 0.1) is 6.04 Å². The number of carbonyl (C=O) groups excluding carboxylic acids is 1. The van der Waals surface area contributed by atoms with Crippen molar-refractivity contribution in [2.75, 3.05) is 0 Å². The van der Waals surface area contributed by atoms with E-state index in [9.17, 15) is 4.79 Å². The summed E-state index contributed by atoms with van der Waals surface area (Å²) in [5, 5.41) is 7.48. The summed E-state index contributed by atoms with van der Waals surface area (Å²) in [5.41, 5.74) is 3.08. The van der Waals surface area contributed by atoms with Gasteiger partial charge in [-0.15, -0.1) is 11.3 Å². The van der Waals surface area contributed by atoms with Crippen LogP contribution in [0.3, 0.4) is 0 Å². The molecule has 134 valence electrons. The van der Waals surface area contributed by atoms with Gasteiger partial charge in [0.15, 0.2) is 0 Å². The fraction of sp³-hybridized carbons (Fsp3) is 0.125. The summed E-state index contributed by atoms with van der Waals surface area (Å²) >= 11 is 1.66. The molecule has 0 saturated carbocycles. The first-order chi connectivity index (χ1) is 13.2. The molecule has 0 radical (unpaired) electrons. The first-order valence-corrected chi connectivity index (χ1v) is 10.0. The maximum absolute atomic E-state index is 13.0. The third-order valence-electron chi connectivity index (χ3n) is 4.84. The Morgan fingerprint density at radius 3 is 2.41 bits per heavy atom. The van der Waals surface area contributed by atoms with E-state index in [4.69, 9.17) is 0 Å². The monoisotopic (exact) mass is 371 g/mol. The molecule has 4 rings (SSSR count). The van der Waals surface area contributed by atoms with Crippen LogP contribution in [-0.2, 0) is 6.42 Å². The van der Waals surface area contributed by atoms with Crippen molar-refractivity contribution in [3.8, 4) is 0 Å². The fourth-order valence-corrected chi connectivity index (χ4v) is 4.07. The zero-order chi connectivity index (χ0) is 18.6. The second-order valence-electron chi connectivity index (χ2n) is 6.58. The van der Waals surface area contributed by atoms with Gasteiger partial charge in [0.1, 0.15) is 0 Å². The van der Waals surface area contributed by atoms with Crippen LogP contribution < -0.4 is 5.32 Å². The van der Waals surface area contributed by atoms with Crippen molar-refractivity contribution >= 4 is 28.0 Å². The Balaban J connectivity index is 1.64. The maximum atomic E-state index is 13.0. The summed E-state index contributed by atoms with van der Waals surface area (Å²) in [6, 6.07) is 26.4. The number of carbonyl (C=O) groups is 1. The minimum atomic E-state index is -0.144. The van der Waals surface area contributed by atoms with E-state index in [1.54, 1.807) is 11.3 Å². The Labute approximate surface area is 163 Å². The van der Waals surface area contributed by atoms with Gasteiger partial charge in [-0.1, -0.05) is 67.6 Å². The predicted octanol–water partition coefficient (Wildman–Crippen LogP) is 5.98. The second kappa shape index (κ2) is 7.77. The van der Waals surface area contributed by atoms with Crippen molar-refractivity contribution in [2.45, 2.75) is 19.4 Å². The van der Waals surface area contributed by atoms with Crippen LogP contribution in [0.1, 0.15) is 39.3 Å². The third kappa shape index (κ3) is 3.79. The molecule has 1 heterocycles. The first kappa shape index (κ1) is 17.5. The molecule has 1 N–H and O–H groups in total. The second-order valence-corrected chi connectivity index (χ2v) is 7.56. The Morgan fingerprint density at radius 1 is 0.926 bits per heavy atom. The Hall–Kier alpha value is -2.91. The highest BCUT2D eigenvalue weighted by Crippen LogP contribution is 2.27. The first-order valence-electron chi connectivity index (χ1n) is 9.16. The average molecular weight is 372 g/mol. The van der Waals surface area contributed by atoms with Gasteiger partial charge >= 0.3 is 0 Å². The van der Waals surface area contributed by atoms with Gasteiger partial charge in [0.2, 0.25) is 0 Å². The van der Waals surface area contributed by atoms with Crippen LogP contribution in [-0.4, -0.2) is 5.91 Å². The van der Waals surface area contributed by atoms with Crippen LogP contribution in [0.5, 0.6) is 0 Å². The molecule has 0 bridgehead atoms. The summed E-state index contributed by atoms with van der Waals surface area (Å²) in [6.07, 6.45) is 1.01. The highest BCUT2D eigenvalue weighted by atomic mass is 32.1. The van der Waals surface area contributed by atoms with Gasteiger partial charge in [0.25, 0.3) is 5.91 Å². The minimum Gasteiger partial charge on any atom is -0.340 e. The van der Waals surface area contributed by atoms with Gasteiger partial charge in [-0.2, -0.15) is 0 Å². The van der Waals surface area contributed by atoms with Gasteiger partial charge in [-0.25, -0.2) is 0 Å². The largest absolute Gasteiger partial charge is 0.340 e. The maximum Gasteiger partial charge on any atom is 0.252 e. The van der Waals surface area contributed by atoms with E-state index in [2.05, 4.69) is 48.6 Å². The van der Waals surface area contributed by atoms with Crippen LogP contribution in [0.25, 0.3) is 10.8 Å². The molecule has 0 aliphatic carbocycles. The van der Waals surface area contributed by atoms with Crippen molar-refractivity contribution in [1.29, 1.82) is 0 Å². The van der Waals surface area contributed by atoms with Crippen LogP contribution in [0.4, 0.5) is 0 Å². The number of nitrogens with one attached hydrogen (secondary N) is 1. The van der Waals surface area contributed by atoms with Crippen LogP contribution in [0, 0.1) is 0 Å². The van der Waals surface area contributed by atoms with Gasteiger partial charge in [-0.3, -0.25) is 4.79 Å². The Morgan fingerprint density at radius 2 is 1.70 bits per heavy atom. The summed E-state index contributed by atoms with van der Waals surface area (Å²) in [7, 11) is 0. The van der Waals surface area contributed by atoms with Gasteiger partial charge in [-0.05, 0) is 51.9 Å². The van der Waals surface area contributed by atoms with Crippen molar-refractivity contribution < 1.29 is 4.79 Å². The zero-order valence-electron chi connectivity index (χ0n) is 15.2. The lowest BCUT2D eigenvalue weighted by molar-refractivity contribution is 0.0943. The van der Waals surface area contributed by atoms with E-state index in [1.807, 2.05) is 47.8 Å². The van der Waals surface area contributed by atoms with E-state index in [1.165, 1.54) is 5.56 Å². The number of rotatable bonds is 5.